The van der Waals surface area contributed by atoms with Gasteiger partial charge in [-0.2, -0.15) is 0 Å². The van der Waals surface area contributed by atoms with E-state index in [0.717, 1.165) is 37.9 Å². The highest BCUT2D eigenvalue weighted by Gasteiger charge is 2.24. The van der Waals surface area contributed by atoms with Gasteiger partial charge in [0.25, 0.3) is 0 Å². The predicted octanol–water partition coefficient (Wildman–Crippen LogP) is 1.62. The minimum absolute atomic E-state index is 0.0558. The first-order valence-corrected chi connectivity index (χ1v) is 9.33. The SMILES string of the molecule is Cc1ccccc1[S@@](=O)CC(=O)N[C@@H](C)C(=O)N1CCCCC1. The topological polar surface area (TPSA) is 66.5 Å². The Kier molecular flexibility index (Phi) is 6.33. The molecule has 2 rings (SSSR count). The molecule has 0 aliphatic carbocycles. The van der Waals surface area contributed by atoms with E-state index in [1.54, 1.807) is 24.0 Å². The van der Waals surface area contributed by atoms with Gasteiger partial charge in [0, 0.05) is 18.0 Å². The Hall–Kier alpha value is -1.69. The summed E-state index contributed by atoms with van der Waals surface area (Å²) in [7, 11) is -1.40. The molecule has 1 saturated heterocycles. The van der Waals surface area contributed by atoms with Crippen molar-refractivity contribution < 1.29 is 13.8 Å². The molecule has 0 unspecified atom stereocenters. The Morgan fingerprint density at radius 1 is 1.22 bits per heavy atom. The van der Waals surface area contributed by atoms with Crippen LogP contribution >= 0.6 is 0 Å². The summed E-state index contributed by atoms with van der Waals surface area (Å²) in [5, 5.41) is 2.67. The zero-order valence-electron chi connectivity index (χ0n) is 13.7. The summed E-state index contributed by atoms with van der Waals surface area (Å²) in [5.41, 5.74) is 0.899. The first-order chi connectivity index (χ1) is 11.0. The third kappa shape index (κ3) is 4.89. The highest BCUT2D eigenvalue weighted by atomic mass is 32.2. The summed E-state index contributed by atoms with van der Waals surface area (Å²) < 4.78 is 12.3. The van der Waals surface area contributed by atoms with E-state index in [2.05, 4.69) is 5.32 Å². The second-order valence-electron chi connectivity index (χ2n) is 5.93. The number of carbonyl (C=O) groups is 2. The Morgan fingerprint density at radius 2 is 1.87 bits per heavy atom. The molecule has 0 aromatic heterocycles. The molecule has 0 spiro atoms. The van der Waals surface area contributed by atoms with Crippen LogP contribution in [0.25, 0.3) is 0 Å². The number of hydrogen-bond donors (Lipinski definition) is 1. The van der Waals surface area contributed by atoms with E-state index < -0.39 is 16.8 Å². The smallest absolute Gasteiger partial charge is 0.244 e. The summed E-state index contributed by atoms with van der Waals surface area (Å²) in [4.78, 5) is 26.8. The molecule has 1 aliphatic rings. The Bertz CT molecular complexity index is 597. The van der Waals surface area contributed by atoms with Crippen LogP contribution in [0, 0.1) is 6.92 Å². The summed E-state index contributed by atoms with van der Waals surface area (Å²) in [6.07, 6.45) is 3.19. The number of piperidine rings is 1. The molecule has 1 aromatic carbocycles. The van der Waals surface area contributed by atoms with Gasteiger partial charge in [0.15, 0.2) is 0 Å². The van der Waals surface area contributed by atoms with Crippen molar-refractivity contribution in [2.24, 2.45) is 0 Å². The van der Waals surface area contributed by atoms with Gasteiger partial charge in [-0.3, -0.25) is 13.8 Å². The van der Waals surface area contributed by atoms with E-state index in [9.17, 15) is 13.8 Å². The lowest BCUT2D eigenvalue weighted by Gasteiger charge is -2.29. The van der Waals surface area contributed by atoms with Gasteiger partial charge in [0.05, 0.1) is 10.8 Å². The van der Waals surface area contributed by atoms with Crippen molar-refractivity contribution in [3.05, 3.63) is 29.8 Å². The molecule has 23 heavy (non-hydrogen) atoms. The lowest BCUT2D eigenvalue weighted by Crippen LogP contribution is -2.49. The van der Waals surface area contributed by atoms with Crippen molar-refractivity contribution in [2.75, 3.05) is 18.8 Å². The monoisotopic (exact) mass is 336 g/mol. The number of aryl methyl sites for hydroxylation is 1. The summed E-state index contributed by atoms with van der Waals surface area (Å²) in [5.74, 6) is -0.535. The zero-order chi connectivity index (χ0) is 16.8. The third-order valence-electron chi connectivity index (χ3n) is 4.02. The van der Waals surface area contributed by atoms with E-state index in [0.29, 0.717) is 4.90 Å². The Morgan fingerprint density at radius 3 is 2.52 bits per heavy atom. The molecule has 1 aliphatic heterocycles. The van der Waals surface area contributed by atoms with E-state index in [1.807, 2.05) is 19.1 Å². The molecule has 2 amide bonds. The molecular weight excluding hydrogens is 312 g/mol. The fraction of sp³-hybridized carbons (Fsp3) is 0.529. The highest BCUT2D eigenvalue weighted by molar-refractivity contribution is 7.85. The van der Waals surface area contributed by atoms with Crippen molar-refractivity contribution in [1.29, 1.82) is 0 Å². The van der Waals surface area contributed by atoms with Gasteiger partial charge in [-0.1, -0.05) is 18.2 Å². The molecule has 2 atom stereocenters. The minimum atomic E-state index is -1.40. The molecule has 0 radical (unpaired) electrons. The van der Waals surface area contributed by atoms with Crippen molar-refractivity contribution in [1.82, 2.24) is 10.2 Å². The first kappa shape index (κ1) is 17.7. The molecule has 1 heterocycles. The third-order valence-corrected chi connectivity index (χ3v) is 5.49. The standard InChI is InChI=1S/C17H24N2O3S/c1-13-8-4-5-9-15(13)23(22)12-16(20)18-14(2)17(21)19-10-6-3-7-11-19/h4-5,8-9,14H,3,6-7,10-12H2,1-2H3,(H,18,20)/t14-,23-/m0/s1. The van der Waals surface area contributed by atoms with Crippen LogP contribution in [0.3, 0.4) is 0 Å². The summed E-state index contributed by atoms with van der Waals surface area (Å²) in [6, 6.07) is 6.74. The first-order valence-electron chi connectivity index (χ1n) is 8.01. The number of benzene rings is 1. The summed E-state index contributed by atoms with van der Waals surface area (Å²) in [6.45, 7) is 5.07. The molecule has 1 N–H and O–H groups in total. The molecule has 5 nitrogen and oxygen atoms in total. The van der Waals surface area contributed by atoms with Crippen LogP contribution in [0.15, 0.2) is 29.2 Å². The normalized spacial score (nSPS) is 17.4. The number of nitrogens with zero attached hydrogens (tertiary/aromatic N) is 1. The molecule has 126 valence electrons. The van der Waals surface area contributed by atoms with Crippen LogP contribution in [0.2, 0.25) is 0 Å². The van der Waals surface area contributed by atoms with Gasteiger partial charge in [-0.15, -0.1) is 0 Å². The van der Waals surface area contributed by atoms with Crippen LogP contribution in [-0.4, -0.2) is 45.8 Å². The maximum absolute atomic E-state index is 12.3. The van der Waals surface area contributed by atoms with Crippen LogP contribution in [-0.2, 0) is 20.4 Å². The highest BCUT2D eigenvalue weighted by Crippen LogP contribution is 2.13. The number of rotatable bonds is 5. The van der Waals surface area contributed by atoms with Crippen molar-refractivity contribution in [3.63, 3.8) is 0 Å². The number of carbonyl (C=O) groups excluding carboxylic acids is 2. The van der Waals surface area contributed by atoms with Crippen LogP contribution in [0.4, 0.5) is 0 Å². The van der Waals surface area contributed by atoms with Crippen molar-refractivity contribution in [2.45, 2.75) is 44.0 Å². The average Bonchev–Trinajstić information content (AvgIpc) is 2.55. The zero-order valence-corrected chi connectivity index (χ0v) is 14.5. The number of likely N-dealkylation sites (tertiary alicyclic amines) is 1. The molecule has 0 bridgehead atoms. The molecule has 1 aromatic rings. The van der Waals surface area contributed by atoms with Crippen molar-refractivity contribution >= 4 is 22.6 Å². The van der Waals surface area contributed by atoms with Crippen LogP contribution < -0.4 is 5.32 Å². The molecule has 6 heteroatoms. The van der Waals surface area contributed by atoms with Gasteiger partial charge in [-0.25, -0.2) is 0 Å². The fourth-order valence-electron chi connectivity index (χ4n) is 2.74. The Balaban J connectivity index is 1.87. The minimum Gasteiger partial charge on any atom is -0.344 e. The van der Waals surface area contributed by atoms with Gasteiger partial charge in [-0.05, 0) is 44.7 Å². The Labute approximate surface area is 139 Å². The number of hydrogen-bond acceptors (Lipinski definition) is 3. The average molecular weight is 336 g/mol. The van der Waals surface area contributed by atoms with Crippen molar-refractivity contribution in [3.8, 4) is 0 Å². The molecule has 1 fully saturated rings. The van der Waals surface area contributed by atoms with Gasteiger partial charge in [0.1, 0.15) is 11.8 Å². The maximum Gasteiger partial charge on any atom is 0.244 e. The van der Waals surface area contributed by atoms with Gasteiger partial charge >= 0.3 is 0 Å². The van der Waals surface area contributed by atoms with Crippen LogP contribution in [0.5, 0.6) is 0 Å². The van der Waals surface area contributed by atoms with E-state index in [-0.39, 0.29) is 17.6 Å². The van der Waals surface area contributed by atoms with E-state index >= 15 is 0 Å². The number of amides is 2. The maximum atomic E-state index is 12.3. The molecule has 0 saturated carbocycles. The quantitative estimate of drug-likeness (QED) is 0.888. The largest absolute Gasteiger partial charge is 0.344 e. The lowest BCUT2D eigenvalue weighted by atomic mass is 10.1. The fourth-order valence-corrected chi connectivity index (χ4v) is 3.88. The van der Waals surface area contributed by atoms with Crippen LogP contribution in [0.1, 0.15) is 31.7 Å². The number of nitrogens with one attached hydrogen (secondary N) is 1. The summed E-state index contributed by atoms with van der Waals surface area (Å²) >= 11 is 0. The van der Waals surface area contributed by atoms with Gasteiger partial charge < -0.3 is 10.2 Å². The van der Waals surface area contributed by atoms with E-state index in [1.165, 1.54) is 0 Å². The second kappa shape index (κ2) is 8.24. The van der Waals surface area contributed by atoms with Gasteiger partial charge in [0.2, 0.25) is 11.8 Å². The predicted molar refractivity (Wildman–Crippen MR) is 90.5 cm³/mol. The molecular formula is C17H24N2O3S. The lowest BCUT2D eigenvalue weighted by molar-refractivity contribution is -0.136. The van der Waals surface area contributed by atoms with E-state index in [4.69, 9.17) is 0 Å². The second-order valence-corrected chi connectivity index (χ2v) is 7.35.